The van der Waals surface area contributed by atoms with Crippen molar-refractivity contribution in [3.05, 3.63) is 70.8 Å². The van der Waals surface area contributed by atoms with E-state index in [0.29, 0.717) is 11.5 Å². The van der Waals surface area contributed by atoms with E-state index in [0.717, 1.165) is 31.6 Å². The Hall–Kier alpha value is -2.44. The topological polar surface area (TPSA) is 44.1 Å². The van der Waals surface area contributed by atoms with Crippen molar-refractivity contribution in [2.24, 2.45) is 0 Å². The number of ketones is 1. The molecule has 116 valence electrons. The SMILES string of the molecule is CC(=O)c1ccc(CN2CCC(c3ccc(C#N)cc3)C2)cc1. The van der Waals surface area contributed by atoms with Crippen LogP contribution in [0.25, 0.3) is 0 Å². The minimum absolute atomic E-state index is 0.110. The summed E-state index contributed by atoms with van der Waals surface area (Å²) in [6.45, 7) is 4.64. The van der Waals surface area contributed by atoms with E-state index in [1.54, 1.807) is 6.92 Å². The molecule has 0 amide bonds. The summed E-state index contributed by atoms with van der Waals surface area (Å²) in [5, 5.41) is 8.87. The highest BCUT2D eigenvalue weighted by Crippen LogP contribution is 2.28. The minimum Gasteiger partial charge on any atom is -0.298 e. The van der Waals surface area contributed by atoms with E-state index in [1.807, 2.05) is 36.4 Å². The molecule has 3 rings (SSSR count). The third kappa shape index (κ3) is 3.67. The Morgan fingerprint density at radius 2 is 1.87 bits per heavy atom. The zero-order valence-electron chi connectivity index (χ0n) is 13.3. The molecule has 1 aliphatic heterocycles. The first-order valence-electron chi connectivity index (χ1n) is 7.98. The van der Waals surface area contributed by atoms with Crippen LogP contribution in [-0.2, 0) is 6.54 Å². The lowest BCUT2D eigenvalue weighted by molar-refractivity contribution is 0.101. The molecule has 1 atom stereocenters. The van der Waals surface area contributed by atoms with Crippen LogP contribution < -0.4 is 0 Å². The summed E-state index contributed by atoms with van der Waals surface area (Å²) in [5.41, 5.74) is 4.05. The number of nitriles is 1. The zero-order valence-corrected chi connectivity index (χ0v) is 13.3. The van der Waals surface area contributed by atoms with Crippen molar-refractivity contribution in [1.82, 2.24) is 4.90 Å². The van der Waals surface area contributed by atoms with Gasteiger partial charge in [0.2, 0.25) is 0 Å². The van der Waals surface area contributed by atoms with Crippen molar-refractivity contribution in [2.45, 2.75) is 25.8 Å². The molecule has 1 unspecified atom stereocenters. The number of rotatable bonds is 4. The van der Waals surface area contributed by atoms with Crippen LogP contribution in [0.1, 0.15) is 46.3 Å². The van der Waals surface area contributed by atoms with Crippen molar-refractivity contribution in [1.29, 1.82) is 5.26 Å². The second kappa shape index (κ2) is 6.76. The molecular formula is C20H20N2O. The van der Waals surface area contributed by atoms with Crippen LogP contribution in [0.15, 0.2) is 48.5 Å². The summed E-state index contributed by atoms with van der Waals surface area (Å²) in [7, 11) is 0. The summed E-state index contributed by atoms with van der Waals surface area (Å²) in [5.74, 6) is 0.651. The Morgan fingerprint density at radius 1 is 1.17 bits per heavy atom. The first-order valence-corrected chi connectivity index (χ1v) is 7.98. The molecular weight excluding hydrogens is 284 g/mol. The molecule has 0 radical (unpaired) electrons. The zero-order chi connectivity index (χ0) is 16.2. The van der Waals surface area contributed by atoms with E-state index in [-0.39, 0.29) is 5.78 Å². The Morgan fingerprint density at radius 3 is 2.48 bits per heavy atom. The lowest BCUT2D eigenvalue weighted by atomic mass is 9.97. The average molecular weight is 304 g/mol. The predicted molar refractivity (Wildman–Crippen MR) is 90.2 cm³/mol. The molecule has 23 heavy (non-hydrogen) atoms. The number of carbonyl (C=O) groups excluding carboxylic acids is 1. The van der Waals surface area contributed by atoms with E-state index in [4.69, 9.17) is 5.26 Å². The first kappa shape index (κ1) is 15.5. The van der Waals surface area contributed by atoms with E-state index in [2.05, 4.69) is 23.1 Å². The molecule has 1 saturated heterocycles. The summed E-state index contributed by atoms with van der Waals surface area (Å²) >= 11 is 0. The number of hydrogen-bond acceptors (Lipinski definition) is 3. The molecule has 0 aliphatic carbocycles. The van der Waals surface area contributed by atoms with Gasteiger partial charge in [-0.05, 0) is 49.1 Å². The van der Waals surface area contributed by atoms with Crippen LogP contribution in [0, 0.1) is 11.3 Å². The van der Waals surface area contributed by atoms with Gasteiger partial charge in [0, 0.05) is 18.7 Å². The normalized spacial score (nSPS) is 17.8. The lowest BCUT2D eigenvalue weighted by Gasteiger charge is -2.16. The number of carbonyl (C=O) groups is 1. The number of Topliss-reactive ketones (excluding diaryl/α,β-unsaturated/α-hetero) is 1. The number of likely N-dealkylation sites (tertiary alicyclic amines) is 1. The maximum absolute atomic E-state index is 11.3. The number of hydrogen-bond donors (Lipinski definition) is 0. The molecule has 0 aromatic heterocycles. The van der Waals surface area contributed by atoms with E-state index >= 15 is 0 Å². The molecule has 1 aliphatic rings. The van der Waals surface area contributed by atoms with Gasteiger partial charge in [-0.2, -0.15) is 5.26 Å². The summed E-state index contributed by atoms with van der Waals surface area (Å²) in [6, 6.07) is 18.0. The summed E-state index contributed by atoms with van der Waals surface area (Å²) in [6.07, 6.45) is 1.15. The molecule has 2 aromatic carbocycles. The Balaban J connectivity index is 1.61. The van der Waals surface area contributed by atoms with Gasteiger partial charge in [0.15, 0.2) is 5.78 Å². The smallest absolute Gasteiger partial charge is 0.159 e. The van der Waals surface area contributed by atoms with Crippen LogP contribution in [-0.4, -0.2) is 23.8 Å². The molecule has 0 spiro atoms. The maximum atomic E-state index is 11.3. The Kier molecular flexibility index (Phi) is 4.55. The predicted octanol–water partition coefficient (Wildman–Crippen LogP) is 3.75. The van der Waals surface area contributed by atoms with Crippen molar-refractivity contribution in [3.63, 3.8) is 0 Å². The molecule has 1 fully saturated rings. The van der Waals surface area contributed by atoms with Crippen LogP contribution in [0.4, 0.5) is 0 Å². The van der Waals surface area contributed by atoms with E-state index < -0.39 is 0 Å². The molecule has 2 aromatic rings. The molecule has 3 heteroatoms. The standard InChI is InChI=1S/C20H20N2O/c1-15(23)18-6-4-17(5-7-18)13-22-11-10-20(14-22)19-8-2-16(12-21)3-9-19/h2-9,20H,10-11,13-14H2,1H3. The molecule has 0 saturated carbocycles. The Labute approximate surface area is 137 Å². The van der Waals surface area contributed by atoms with Gasteiger partial charge in [0.1, 0.15) is 0 Å². The fourth-order valence-electron chi connectivity index (χ4n) is 3.18. The van der Waals surface area contributed by atoms with Gasteiger partial charge in [0.05, 0.1) is 11.6 Å². The van der Waals surface area contributed by atoms with Gasteiger partial charge in [-0.3, -0.25) is 9.69 Å². The fourth-order valence-corrected chi connectivity index (χ4v) is 3.18. The summed E-state index contributed by atoms with van der Waals surface area (Å²) < 4.78 is 0. The van der Waals surface area contributed by atoms with Gasteiger partial charge in [-0.25, -0.2) is 0 Å². The van der Waals surface area contributed by atoms with Crippen LogP contribution >= 0.6 is 0 Å². The summed E-state index contributed by atoms with van der Waals surface area (Å²) in [4.78, 5) is 13.8. The molecule has 0 N–H and O–H groups in total. The highest BCUT2D eigenvalue weighted by Gasteiger charge is 2.23. The highest BCUT2D eigenvalue weighted by molar-refractivity contribution is 5.93. The van der Waals surface area contributed by atoms with Crippen molar-refractivity contribution >= 4 is 5.78 Å². The van der Waals surface area contributed by atoms with Crippen molar-refractivity contribution in [3.8, 4) is 6.07 Å². The van der Waals surface area contributed by atoms with Gasteiger partial charge < -0.3 is 0 Å². The second-order valence-electron chi connectivity index (χ2n) is 6.21. The minimum atomic E-state index is 0.110. The van der Waals surface area contributed by atoms with Crippen molar-refractivity contribution in [2.75, 3.05) is 13.1 Å². The lowest BCUT2D eigenvalue weighted by Crippen LogP contribution is -2.19. The fraction of sp³-hybridized carbons (Fsp3) is 0.300. The second-order valence-corrected chi connectivity index (χ2v) is 6.21. The maximum Gasteiger partial charge on any atom is 0.159 e. The van der Waals surface area contributed by atoms with E-state index in [9.17, 15) is 4.79 Å². The van der Waals surface area contributed by atoms with Crippen molar-refractivity contribution < 1.29 is 4.79 Å². The van der Waals surface area contributed by atoms with Crippen LogP contribution in [0.2, 0.25) is 0 Å². The third-order valence-corrected chi connectivity index (χ3v) is 4.55. The quantitative estimate of drug-likeness (QED) is 0.808. The van der Waals surface area contributed by atoms with Crippen LogP contribution in [0.5, 0.6) is 0 Å². The monoisotopic (exact) mass is 304 g/mol. The number of benzene rings is 2. The van der Waals surface area contributed by atoms with Crippen LogP contribution in [0.3, 0.4) is 0 Å². The first-order chi connectivity index (χ1) is 11.2. The van der Waals surface area contributed by atoms with Gasteiger partial charge in [0.25, 0.3) is 0 Å². The third-order valence-electron chi connectivity index (χ3n) is 4.55. The molecule has 1 heterocycles. The Bertz CT molecular complexity index is 726. The van der Waals surface area contributed by atoms with Gasteiger partial charge in [-0.15, -0.1) is 0 Å². The number of nitrogens with zero attached hydrogens (tertiary/aromatic N) is 2. The largest absolute Gasteiger partial charge is 0.298 e. The van der Waals surface area contributed by atoms with Gasteiger partial charge in [-0.1, -0.05) is 36.4 Å². The highest BCUT2D eigenvalue weighted by atomic mass is 16.1. The van der Waals surface area contributed by atoms with Gasteiger partial charge >= 0.3 is 0 Å². The average Bonchev–Trinajstić information content (AvgIpc) is 3.04. The molecule has 0 bridgehead atoms. The molecule has 3 nitrogen and oxygen atoms in total. The van der Waals surface area contributed by atoms with E-state index in [1.165, 1.54) is 11.1 Å².